The normalized spacial score (nSPS) is 12.7. The van der Waals surface area contributed by atoms with Crippen molar-refractivity contribution in [1.82, 2.24) is 25.3 Å². The van der Waals surface area contributed by atoms with Crippen molar-refractivity contribution < 1.29 is 30.8 Å². The third-order valence-electron chi connectivity index (χ3n) is 7.04. The molecule has 19 heteroatoms. The smallest absolute Gasteiger partial charge is 0.265 e. The Morgan fingerprint density at radius 1 is 0.938 bits per heavy atom. The third kappa shape index (κ3) is 6.64. The van der Waals surface area contributed by atoms with Crippen molar-refractivity contribution in [2.24, 2.45) is 0 Å². The lowest BCUT2D eigenvalue weighted by Gasteiger charge is -2.10. The molecule has 0 fully saturated rings. The average molecular weight is 797 g/mol. The molecule has 1 aliphatic rings. The summed E-state index contributed by atoms with van der Waals surface area (Å²) in [5.74, 6) is -0.727. The Labute approximate surface area is 290 Å². The second-order valence-electron chi connectivity index (χ2n) is 10.1. The van der Waals surface area contributed by atoms with E-state index in [1.54, 1.807) is 30.3 Å². The third-order valence-corrected chi connectivity index (χ3v) is 10.7. The van der Waals surface area contributed by atoms with E-state index in [0.29, 0.717) is 42.7 Å². The largest absolute Gasteiger partial charge is 0.493 e. The topological polar surface area (TPSA) is 188 Å². The van der Waals surface area contributed by atoms with E-state index >= 15 is 0 Å². The van der Waals surface area contributed by atoms with Crippen LogP contribution in [-0.2, 0) is 26.6 Å². The molecule has 0 saturated heterocycles. The van der Waals surface area contributed by atoms with Gasteiger partial charge < -0.3 is 20.0 Å². The first-order valence-electron chi connectivity index (χ1n) is 13.5. The molecule has 0 bridgehead atoms. The van der Waals surface area contributed by atoms with Crippen LogP contribution >= 0.6 is 39.1 Å². The minimum atomic E-state index is -4.06. The molecule has 4 aromatic heterocycles. The highest BCUT2D eigenvalue weighted by Crippen LogP contribution is 2.31. The molecule has 0 saturated carbocycles. The molecule has 0 spiro atoms. The number of nitrogens with zero attached hydrogens (tertiary/aromatic N) is 2. The fraction of sp³-hybridized carbons (Fsp3) is 0.0690. The van der Waals surface area contributed by atoms with Crippen LogP contribution in [-0.4, -0.2) is 49.8 Å². The number of rotatable bonds is 7. The molecule has 0 atom stereocenters. The van der Waals surface area contributed by atoms with E-state index in [1.165, 1.54) is 37.8 Å². The second-order valence-corrected chi connectivity index (χ2v) is 15.2. The monoisotopic (exact) mass is 795 g/mol. The van der Waals surface area contributed by atoms with E-state index in [1.807, 2.05) is 0 Å². The van der Waals surface area contributed by atoms with Gasteiger partial charge >= 0.3 is 0 Å². The van der Waals surface area contributed by atoms with Crippen LogP contribution in [0.5, 0.6) is 5.75 Å². The standard InChI is InChI=1S/C16H11ClFN3O3S.C13H10BrClN4O3S/c17-9-1-2-10-13(4-9)19-7-15(10)25(23,24)21-14-5-11-8(3-12(14)18)6-20-16(11)22;1-22-9-4-7(14)5-16-13(9)19-23(20,21)10-6-17-12-8(10)2-3-11(15)18-12/h1-5,7,19,21H,6H2,(H,20,22);2-6H,1H3,(H,16,19)(H,17,18). The first-order chi connectivity index (χ1) is 22.8. The van der Waals surface area contributed by atoms with Crippen molar-refractivity contribution in [2.45, 2.75) is 16.3 Å². The summed E-state index contributed by atoms with van der Waals surface area (Å²) < 4.78 is 75.2. The summed E-state index contributed by atoms with van der Waals surface area (Å²) >= 11 is 14.9. The van der Waals surface area contributed by atoms with E-state index in [0.717, 1.165) is 6.07 Å². The predicted molar refractivity (Wildman–Crippen MR) is 182 cm³/mol. The highest BCUT2D eigenvalue weighted by Gasteiger charge is 2.26. The van der Waals surface area contributed by atoms with Crippen molar-refractivity contribution in [3.8, 4) is 5.75 Å². The maximum Gasteiger partial charge on any atom is 0.265 e. The Morgan fingerprint density at radius 2 is 1.65 bits per heavy atom. The van der Waals surface area contributed by atoms with Crippen LogP contribution in [0.25, 0.3) is 21.9 Å². The fourth-order valence-corrected chi connectivity index (χ4v) is 7.88. The molecule has 1 amide bonds. The second kappa shape index (κ2) is 12.9. The average Bonchev–Trinajstić information content (AvgIpc) is 3.75. The SMILES string of the molecule is COc1cc(Br)cnc1NS(=O)(=O)c1c[nH]c2nc(Cl)ccc12.O=C1NCc2cc(F)c(NS(=O)(=O)c3c[nH]c4cc(Cl)ccc34)cc21. The van der Waals surface area contributed by atoms with Gasteiger partial charge in [0.15, 0.2) is 11.6 Å². The minimum absolute atomic E-state index is 0.0384. The van der Waals surface area contributed by atoms with Crippen molar-refractivity contribution in [3.05, 3.63) is 98.7 Å². The van der Waals surface area contributed by atoms with Gasteiger partial charge in [-0.3, -0.25) is 14.2 Å². The summed E-state index contributed by atoms with van der Waals surface area (Å²) in [4.78, 5) is 25.4. The highest BCUT2D eigenvalue weighted by molar-refractivity contribution is 9.10. The van der Waals surface area contributed by atoms with Gasteiger partial charge in [-0.25, -0.2) is 31.2 Å². The Bertz CT molecular complexity index is 2480. The van der Waals surface area contributed by atoms with Gasteiger partial charge in [0.05, 0.1) is 12.8 Å². The number of methoxy groups -OCH3 is 1. The van der Waals surface area contributed by atoms with Gasteiger partial charge in [0.2, 0.25) is 0 Å². The summed E-state index contributed by atoms with van der Waals surface area (Å²) in [5, 5.41) is 4.15. The molecular formula is C29H21BrCl2FN7O6S2. The zero-order chi connectivity index (χ0) is 34.4. The molecule has 0 aliphatic carbocycles. The highest BCUT2D eigenvalue weighted by atomic mass is 79.9. The summed E-state index contributed by atoms with van der Waals surface area (Å²) in [6, 6.07) is 11.8. The number of nitrogens with one attached hydrogen (secondary N) is 5. The van der Waals surface area contributed by atoms with Gasteiger partial charge in [-0.15, -0.1) is 0 Å². The predicted octanol–water partition coefficient (Wildman–Crippen LogP) is 6.19. The lowest BCUT2D eigenvalue weighted by molar-refractivity contribution is 0.0965. The van der Waals surface area contributed by atoms with Crippen LogP contribution in [0.3, 0.4) is 0 Å². The first kappa shape index (κ1) is 33.5. The van der Waals surface area contributed by atoms with Gasteiger partial charge in [0.1, 0.15) is 26.4 Å². The van der Waals surface area contributed by atoms with E-state index in [2.05, 4.69) is 50.6 Å². The molecule has 2 aromatic carbocycles. The fourth-order valence-electron chi connectivity index (χ4n) is 4.83. The van der Waals surface area contributed by atoms with Gasteiger partial charge in [-0.2, -0.15) is 0 Å². The van der Waals surface area contributed by atoms with Crippen molar-refractivity contribution >= 4 is 98.5 Å². The number of sulfonamides is 2. The molecule has 0 unspecified atom stereocenters. The minimum Gasteiger partial charge on any atom is -0.493 e. The number of pyridine rings is 2. The zero-order valence-electron chi connectivity index (χ0n) is 24.2. The van der Waals surface area contributed by atoms with Crippen LogP contribution in [0.15, 0.2) is 81.4 Å². The number of amides is 1. The summed E-state index contributed by atoms with van der Waals surface area (Å²) in [5.41, 5.74) is 1.39. The number of carbonyl (C=O) groups is 1. The summed E-state index contributed by atoms with van der Waals surface area (Å²) in [6.07, 6.45) is 4.12. The molecule has 0 radical (unpaired) electrons. The number of anilines is 2. The molecule has 1 aliphatic heterocycles. The number of aromatic amines is 2. The Kier molecular flexibility index (Phi) is 8.99. The molecule has 7 rings (SSSR count). The van der Waals surface area contributed by atoms with Crippen LogP contribution in [0.1, 0.15) is 15.9 Å². The Morgan fingerprint density at radius 3 is 2.42 bits per heavy atom. The molecule has 5 N–H and O–H groups in total. The van der Waals surface area contributed by atoms with Crippen molar-refractivity contribution in [1.29, 1.82) is 0 Å². The van der Waals surface area contributed by atoms with Crippen LogP contribution in [0.4, 0.5) is 15.9 Å². The maximum atomic E-state index is 14.2. The number of benzene rings is 2. The van der Waals surface area contributed by atoms with Gasteiger partial charge in [0, 0.05) is 56.5 Å². The number of aromatic nitrogens is 4. The van der Waals surface area contributed by atoms with Crippen molar-refractivity contribution in [2.75, 3.05) is 16.6 Å². The first-order valence-corrected chi connectivity index (χ1v) is 18.0. The molecule has 48 heavy (non-hydrogen) atoms. The lowest BCUT2D eigenvalue weighted by Crippen LogP contribution is -2.15. The lowest BCUT2D eigenvalue weighted by atomic mass is 10.1. The molecule has 5 heterocycles. The number of carbonyl (C=O) groups excluding carboxylic acids is 1. The number of H-pyrrole nitrogens is 2. The Balaban J connectivity index is 0.000000168. The molecule has 248 valence electrons. The number of hydrogen-bond acceptors (Lipinski definition) is 8. The summed E-state index contributed by atoms with van der Waals surface area (Å²) in [6.45, 7) is 0.224. The molecule has 6 aromatic rings. The Hall–Kier alpha value is -4.42. The van der Waals surface area contributed by atoms with E-state index in [-0.39, 0.29) is 44.5 Å². The van der Waals surface area contributed by atoms with Gasteiger partial charge in [-0.05, 0) is 70.0 Å². The maximum absolute atomic E-state index is 14.2. The molecular weight excluding hydrogens is 776 g/mol. The summed E-state index contributed by atoms with van der Waals surface area (Å²) in [7, 11) is -6.51. The van der Waals surface area contributed by atoms with Crippen LogP contribution in [0.2, 0.25) is 10.2 Å². The van der Waals surface area contributed by atoms with Gasteiger partial charge in [-0.1, -0.05) is 23.2 Å². The zero-order valence-corrected chi connectivity index (χ0v) is 29.0. The van der Waals surface area contributed by atoms with Crippen LogP contribution in [0, 0.1) is 5.82 Å². The van der Waals surface area contributed by atoms with Crippen LogP contribution < -0.4 is 19.5 Å². The number of halogens is 4. The quantitative estimate of drug-likeness (QED) is 0.118. The van der Waals surface area contributed by atoms with E-state index in [4.69, 9.17) is 27.9 Å². The number of fused-ring (bicyclic) bond motifs is 3. The molecule has 13 nitrogen and oxygen atoms in total. The number of hydrogen-bond donors (Lipinski definition) is 5. The van der Waals surface area contributed by atoms with E-state index in [9.17, 15) is 26.0 Å². The van der Waals surface area contributed by atoms with E-state index < -0.39 is 25.9 Å². The number of ether oxygens (including phenoxy) is 1. The van der Waals surface area contributed by atoms with Gasteiger partial charge in [0.25, 0.3) is 26.0 Å². The van der Waals surface area contributed by atoms with Crippen molar-refractivity contribution in [3.63, 3.8) is 0 Å².